The van der Waals surface area contributed by atoms with Gasteiger partial charge < -0.3 is 71.7 Å². The molecular formula is C43H47N3O23. The monoisotopic (exact) mass is 973 g/mol. The van der Waals surface area contributed by atoms with Gasteiger partial charge in [0.2, 0.25) is 34.0 Å². The van der Waals surface area contributed by atoms with Crippen LogP contribution in [0.4, 0.5) is 17.1 Å². The molecule has 1 atom stereocenters. The number of hydrogen-bond donors (Lipinski definition) is 1. The Hall–Kier alpha value is -8.42. The van der Waals surface area contributed by atoms with Gasteiger partial charge in [0.25, 0.3) is 5.69 Å². The van der Waals surface area contributed by atoms with E-state index in [0.29, 0.717) is 5.56 Å². The molecule has 0 saturated heterocycles. The van der Waals surface area contributed by atoms with Crippen molar-refractivity contribution in [1.82, 2.24) is 0 Å². The molecule has 0 spiro atoms. The Morgan fingerprint density at radius 1 is 0.594 bits per heavy atom. The van der Waals surface area contributed by atoms with E-state index in [1.807, 2.05) is 0 Å². The number of nitrogens with zero attached hydrogens (tertiary/aromatic N) is 3. The molecule has 0 aliphatic carbocycles. The quantitative estimate of drug-likeness (QED) is 0.0300. The molecule has 0 radical (unpaired) electrons. The minimum atomic E-state index is -1.72. The van der Waals surface area contributed by atoms with Crippen LogP contribution >= 0.6 is 0 Å². The number of esters is 8. The van der Waals surface area contributed by atoms with E-state index in [2.05, 4.69) is 18.9 Å². The number of anilines is 2. The number of aliphatic hydroxyl groups is 1. The van der Waals surface area contributed by atoms with Crippen LogP contribution in [0.1, 0.15) is 50.5 Å². The second kappa shape index (κ2) is 26.1. The fraction of sp³-hybridized carbons (Fsp3) is 0.395. The molecule has 0 aromatic heterocycles. The van der Waals surface area contributed by atoms with Gasteiger partial charge in [-0.25, -0.2) is 0 Å². The number of nitro benzene ring substituents is 1. The van der Waals surface area contributed by atoms with E-state index in [4.69, 9.17) is 37.9 Å². The first-order chi connectivity index (χ1) is 32.8. The first kappa shape index (κ1) is 53.2. The van der Waals surface area contributed by atoms with Crippen molar-refractivity contribution < 1.29 is 105 Å². The highest BCUT2D eigenvalue weighted by atomic mass is 16.7. The van der Waals surface area contributed by atoms with Crippen LogP contribution in [0.15, 0.2) is 48.5 Å². The fourth-order valence-corrected chi connectivity index (χ4v) is 5.85. The summed E-state index contributed by atoms with van der Waals surface area (Å²) in [5, 5.41) is 23.8. The summed E-state index contributed by atoms with van der Waals surface area (Å²) in [6, 6.07) is 10.9. The third-order valence-corrected chi connectivity index (χ3v) is 8.92. The number of carbonyl (C=O) groups is 8. The summed E-state index contributed by atoms with van der Waals surface area (Å²) in [6.07, 6.45) is -1.72. The molecule has 1 aliphatic heterocycles. The van der Waals surface area contributed by atoms with Crippen LogP contribution in [0.5, 0.6) is 23.0 Å². The summed E-state index contributed by atoms with van der Waals surface area (Å²) in [5.74, 6) is -6.73. The first-order valence-electron chi connectivity index (χ1n) is 20.2. The van der Waals surface area contributed by atoms with Crippen LogP contribution in [-0.4, -0.2) is 131 Å². The average molecular weight is 974 g/mol. The molecule has 0 bridgehead atoms. The first-order valence-corrected chi connectivity index (χ1v) is 20.2. The lowest BCUT2D eigenvalue weighted by Crippen LogP contribution is -2.37. The zero-order valence-electron chi connectivity index (χ0n) is 37.7. The van der Waals surface area contributed by atoms with Crippen molar-refractivity contribution in [2.75, 3.05) is 83.2 Å². The van der Waals surface area contributed by atoms with Crippen LogP contribution in [0, 0.1) is 17.0 Å². The van der Waals surface area contributed by atoms with E-state index >= 15 is 0 Å². The third kappa shape index (κ3) is 17.4. The van der Waals surface area contributed by atoms with Crippen LogP contribution in [-0.2, 0) is 76.3 Å². The smallest absolute Gasteiger partial charge is 0.328 e. The normalized spacial score (nSPS) is 11.4. The van der Waals surface area contributed by atoms with Gasteiger partial charge >= 0.3 is 47.8 Å². The maximum atomic E-state index is 13.0. The summed E-state index contributed by atoms with van der Waals surface area (Å²) in [6.45, 7) is -0.468. The van der Waals surface area contributed by atoms with Crippen molar-refractivity contribution in [3.05, 3.63) is 75.3 Å². The summed E-state index contributed by atoms with van der Waals surface area (Å²) in [7, 11) is 0. The topological polar surface area (TPSA) is 317 Å². The standard InChI is InChI=1S/C43H47N3O23/c1-25-6-8-32(44(16-39(51)66-20-60-26(2)47)17-40(52)67-21-61-27(3)48)35(12-25)58-10-11-59-36-13-30(43(55)31-14-37-38(65-24-64-37)15-34(31)46(56)57)7-9-33(36)45(18-41(53)68-22-62-28(4)49)19-42(54)69-23-63-29(5)50/h6-9,12-15,43,55H,10-11,16-24H2,1-5H3. The molecule has 0 saturated carbocycles. The number of ether oxygens (including phenoxy) is 12. The second-order valence-electron chi connectivity index (χ2n) is 14.1. The SMILES string of the molecule is CC(=O)OCOC(=O)CN(CC(=O)OCOC(C)=O)c1ccc(C)cc1OCCOc1cc(C(O)c2cc3c(cc2[N+](=O)[O-])OCO3)ccc1N(CC(=O)OCOC(C)=O)CC(=O)OCOC(C)=O. The molecule has 26 nitrogen and oxygen atoms in total. The van der Waals surface area contributed by atoms with Crippen molar-refractivity contribution in [3.63, 3.8) is 0 Å². The molecule has 4 rings (SSSR count). The van der Waals surface area contributed by atoms with Gasteiger partial charge in [-0.2, -0.15) is 0 Å². The molecule has 1 heterocycles. The number of fused-ring (bicyclic) bond motifs is 1. The molecule has 1 aliphatic rings. The van der Waals surface area contributed by atoms with Crippen LogP contribution in [0.3, 0.4) is 0 Å². The fourth-order valence-electron chi connectivity index (χ4n) is 5.85. The van der Waals surface area contributed by atoms with Gasteiger partial charge in [0.05, 0.1) is 27.9 Å². The number of hydrogen-bond acceptors (Lipinski definition) is 25. The van der Waals surface area contributed by atoms with Gasteiger partial charge in [0, 0.05) is 27.7 Å². The lowest BCUT2D eigenvalue weighted by Gasteiger charge is -2.27. The predicted octanol–water partition coefficient (Wildman–Crippen LogP) is 2.04. The lowest BCUT2D eigenvalue weighted by atomic mass is 9.98. The molecule has 1 N–H and O–H groups in total. The van der Waals surface area contributed by atoms with Gasteiger partial charge in [-0.3, -0.25) is 48.5 Å². The Balaban J connectivity index is 1.69. The number of nitro groups is 1. The molecule has 3 aromatic carbocycles. The largest absolute Gasteiger partial charge is 0.488 e. The van der Waals surface area contributed by atoms with E-state index in [-0.39, 0.29) is 65.5 Å². The van der Waals surface area contributed by atoms with Crippen molar-refractivity contribution >= 4 is 64.8 Å². The van der Waals surface area contributed by atoms with E-state index < -0.39 is 118 Å². The summed E-state index contributed by atoms with van der Waals surface area (Å²) >= 11 is 0. The minimum absolute atomic E-state index is 0.00393. The van der Waals surface area contributed by atoms with Gasteiger partial charge in [0.15, 0.2) is 11.5 Å². The molecule has 26 heteroatoms. The Kier molecular flexibility index (Phi) is 20.1. The van der Waals surface area contributed by atoms with E-state index in [1.165, 1.54) is 35.2 Å². The highest BCUT2D eigenvalue weighted by Crippen LogP contribution is 2.43. The second-order valence-corrected chi connectivity index (χ2v) is 14.1. The van der Waals surface area contributed by atoms with Crippen LogP contribution < -0.4 is 28.7 Å². The minimum Gasteiger partial charge on any atom is -0.488 e. The molecule has 0 fully saturated rings. The van der Waals surface area contributed by atoms with Crippen molar-refractivity contribution in [1.29, 1.82) is 0 Å². The Morgan fingerprint density at radius 3 is 1.39 bits per heavy atom. The lowest BCUT2D eigenvalue weighted by molar-refractivity contribution is -0.386. The zero-order chi connectivity index (χ0) is 50.6. The van der Waals surface area contributed by atoms with Crippen molar-refractivity contribution in [3.8, 4) is 23.0 Å². The van der Waals surface area contributed by atoms with E-state index in [9.17, 15) is 53.6 Å². The molecule has 372 valence electrons. The Morgan fingerprint density at radius 2 is 0.986 bits per heavy atom. The van der Waals surface area contributed by atoms with Gasteiger partial charge in [-0.15, -0.1) is 0 Å². The number of rotatable bonds is 26. The molecule has 0 amide bonds. The van der Waals surface area contributed by atoms with Crippen molar-refractivity contribution in [2.24, 2.45) is 0 Å². The van der Waals surface area contributed by atoms with Gasteiger partial charge in [-0.05, 0) is 48.4 Å². The maximum absolute atomic E-state index is 13.0. The van der Waals surface area contributed by atoms with E-state index in [1.54, 1.807) is 19.1 Å². The summed E-state index contributed by atoms with van der Waals surface area (Å²) in [4.78, 5) is 110. The van der Waals surface area contributed by atoms with E-state index in [0.717, 1.165) is 38.7 Å². The van der Waals surface area contributed by atoms with Crippen LogP contribution in [0.25, 0.3) is 0 Å². The number of benzene rings is 3. The predicted molar refractivity (Wildman–Crippen MR) is 227 cm³/mol. The maximum Gasteiger partial charge on any atom is 0.328 e. The van der Waals surface area contributed by atoms with Gasteiger partial charge in [0.1, 0.15) is 57.0 Å². The molecule has 1 unspecified atom stereocenters. The molecular weight excluding hydrogens is 926 g/mol. The Bertz CT molecular complexity index is 2320. The summed E-state index contributed by atoms with van der Waals surface area (Å²) < 4.78 is 61.5. The number of aryl methyl sites for hydroxylation is 1. The number of aliphatic hydroxyl groups excluding tert-OH is 1. The Labute approximate surface area is 391 Å². The number of carbonyl (C=O) groups excluding carboxylic acids is 8. The highest BCUT2D eigenvalue weighted by molar-refractivity contribution is 5.84. The highest BCUT2D eigenvalue weighted by Gasteiger charge is 2.30. The summed E-state index contributed by atoms with van der Waals surface area (Å²) in [5.41, 5.74) is 0.0661. The zero-order valence-corrected chi connectivity index (χ0v) is 37.7. The van der Waals surface area contributed by atoms with Crippen LogP contribution in [0.2, 0.25) is 0 Å². The molecule has 69 heavy (non-hydrogen) atoms. The molecule has 3 aromatic rings. The van der Waals surface area contributed by atoms with Gasteiger partial charge in [-0.1, -0.05) is 12.1 Å². The third-order valence-electron chi connectivity index (χ3n) is 8.92. The average Bonchev–Trinajstić information content (AvgIpc) is 3.74. The van der Waals surface area contributed by atoms with Crippen molar-refractivity contribution in [2.45, 2.75) is 40.7 Å².